The van der Waals surface area contributed by atoms with Crippen LogP contribution in [-0.2, 0) is 5.66 Å². The van der Waals surface area contributed by atoms with E-state index in [0.717, 1.165) is 6.42 Å². The summed E-state index contributed by atoms with van der Waals surface area (Å²) in [5.74, 6) is 0. The summed E-state index contributed by atoms with van der Waals surface area (Å²) in [4.78, 5) is 3.88. The summed E-state index contributed by atoms with van der Waals surface area (Å²) in [5, 5.41) is 12.0. The highest BCUT2D eigenvalue weighted by molar-refractivity contribution is 5.04. The molecule has 0 saturated carbocycles. The van der Waals surface area contributed by atoms with Gasteiger partial charge in [0.05, 0.1) is 0 Å². The average molecular weight is 163 g/mol. The Balaban J connectivity index is 2.42. The molecule has 0 spiro atoms. The fourth-order valence-electron chi connectivity index (χ4n) is 1.20. The van der Waals surface area contributed by atoms with Crippen molar-refractivity contribution in [2.45, 2.75) is 19.0 Å². The van der Waals surface area contributed by atoms with E-state index in [-0.39, 0.29) is 0 Å². The first kappa shape index (κ1) is 7.15. The molecule has 1 aliphatic rings. The van der Waals surface area contributed by atoms with Gasteiger partial charge in [-0.3, -0.25) is 0 Å². The average Bonchev–Trinajstić information content (AvgIpc) is 2.76. The summed E-state index contributed by atoms with van der Waals surface area (Å²) in [6.07, 6.45) is 7.58. The van der Waals surface area contributed by atoms with E-state index in [1.54, 1.807) is 17.2 Å². The number of rotatable bonds is 2. The van der Waals surface area contributed by atoms with Gasteiger partial charge in [0.1, 0.15) is 12.7 Å². The van der Waals surface area contributed by atoms with Crippen molar-refractivity contribution in [2.75, 3.05) is 0 Å². The minimum absolute atomic E-state index is 0.420. The molecule has 12 heavy (non-hydrogen) atoms. The molecule has 1 unspecified atom stereocenters. The molecule has 5 heteroatoms. The van der Waals surface area contributed by atoms with Crippen LogP contribution in [0.2, 0.25) is 0 Å². The van der Waals surface area contributed by atoms with Crippen LogP contribution < -0.4 is 0 Å². The fourth-order valence-corrected chi connectivity index (χ4v) is 1.20. The van der Waals surface area contributed by atoms with Crippen LogP contribution in [0.25, 0.3) is 0 Å². The Bertz CT molecular complexity index is 299. The van der Waals surface area contributed by atoms with Gasteiger partial charge in [-0.1, -0.05) is 6.92 Å². The highest BCUT2D eigenvalue weighted by atomic mass is 15.4. The number of aromatic nitrogens is 3. The maximum atomic E-state index is 4.10. The summed E-state index contributed by atoms with van der Waals surface area (Å²) in [6.45, 7) is 2.04. The van der Waals surface area contributed by atoms with Gasteiger partial charge < -0.3 is 0 Å². The number of hydrogen-bond acceptors (Lipinski definition) is 4. The Hall–Kier alpha value is -1.52. The molecule has 0 saturated heterocycles. The molecule has 1 aromatic rings. The number of hydrogen-bond donors (Lipinski definition) is 0. The van der Waals surface area contributed by atoms with Crippen LogP contribution >= 0.6 is 0 Å². The molecule has 5 nitrogen and oxygen atoms in total. The van der Waals surface area contributed by atoms with E-state index in [1.807, 2.05) is 13.0 Å². The third-order valence-corrected chi connectivity index (χ3v) is 1.97. The zero-order valence-corrected chi connectivity index (χ0v) is 6.75. The van der Waals surface area contributed by atoms with E-state index >= 15 is 0 Å². The van der Waals surface area contributed by atoms with Crippen molar-refractivity contribution in [3.05, 3.63) is 24.9 Å². The predicted molar refractivity (Wildman–Crippen MR) is 42.3 cm³/mol. The van der Waals surface area contributed by atoms with Crippen LogP contribution in [0.3, 0.4) is 0 Å². The van der Waals surface area contributed by atoms with Crippen molar-refractivity contribution >= 4 is 0 Å². The summed E-state index contributed by atoms with van der Waals surface area (Å²) in [7, 11) is 0. The fraction of sp³-hybridized carbons (Fsp3) is 0.429. The van der Waals surface area contributed by atoms with Gasteiger partial charge in [0.25, 0.3) is 0 Å². The highest BCUT2D eigenvalue weighted by Crippen LogP contribution is 2.27. The molecule has 2 heterocycles. The number of nitrogens with zero attached hydrogens (tertiary/aromatic N) is 5. The van der Waals surface area contributed by atoms with Crippen molar-refractivity contribution in [1.82, 2.24) is 14.8 Å². The van der Waals surface area contributed by atoms with Crippen LogP contribution in [-0.4, -0.2) is 14.8 Å². The molecule has 1 aromatic heterocycles. The van der Waals surface area contributed by atoms with Crippen LogP contribution in [0.15, 0.2) is 35.2 Å². The van der Waals surface area contributed by atoms with E-state index < -0.39 is 5.66 Å². The van der Waals surface area contributed by atoms with Crippen LogP contribution in [0.4, 0.5) is 0 Å². The largest absolute Gasteiger partial charge is 0.223 e. The van der Waals surface area contributed by atoms with E-state index in [1.165, 1.54) is 6.33 Å². The highest BCUT2D eigenvalue weighted by Gasteiger charge is 2.29. The first-order valence-electron chi connectivity index (χ1n) is 3.82. The number of azo groups is 1. The molecular weight excluding hydrogens is 154 g/mol. The normalized spacial score (nSPS) is 26.8. The molecule has 0 radical (unpaired) electrons. The quantitative estimate of drug-likeness (QED) is 0.660. The van der Waals surface area contributed by atoms with E-state index in [0.29, 0.717) is 0 Å². The van der Waals surface area contributed by atoms with Gasteiger partial charge in [0.2, 0.25) is 0 Å². The van der Waals surface area contributed by atoms with E-state index in [4.69, 9.17) is 0 Å². The lowest BCUT2D eigenvalue weighted by Crippen LogP contribution is -2.27. The van der Waals surface area contributed by atoms with Gasteiger partial charge >= 0.3 is 0 Å². The van der Waals surface area contributed by atoms with E-state index in [2.05, 4.69) is 20.3 Å². The Labute approximate surface area is 69.8 Å². The van der Waals surface area contributed by atoms with Gasteiger partial charge in [0, 0.05) is 6.20 Å². The Morgan fingerprint density at radius 1 is 1.50 bits per heavy atom. The van der Waals surface area contributed by atoms with Crippen LogP contribution in [0.5, 0.6) is 0 Å². The van der Waals surface area contributed by atoms with Crippen molar-refractivity contribution in [1.29, 1.82) is 0 Å². The molecule has 0 N–H and O–H groups in total. The lowest BCUT2D eigenvalue weighted by Gasteiger charge is -2.19. The minimum atomic E-state index is -0.420. The van der Waals surface area contributed by atoms with Crippen LogP contribution in [0.1, 0.15) is 13.3 Å². The summed E-state index contributed by atoms with van der Waals surface area (Å²) in [5.41, 5.74) is -0.420. The summed E-state index contributed by atoms with van der Waals surface area (Å²) in [6, 6.07) is 0. The van der Waals surface area contributed by atoms with Crippen molar-refractivity contribution < 1.29 is 0 Å². The van der Waals surface area contributed by atoms with Crippen molar-refractivity contribution in [3.63, 3.8) is 0 Å². The van der Waals surface area contributed by atoms with Gasteiger partial charge in [-0.15, -0.1) is 0 Å². The first-order chi connectivity index (χ1) is 5.87. The smallest absolute Gasteiger partial charge is 0.194 e. The van der Waals surface area contributed by atoms with Crippen LogP contribution in [0, 0.1) is 0 Å². The molecule has 0 fully saturated rings. The lowest BCUT2D eigenvalue weighted by molar-refractivity contribution is 0.332. The van der Waals surface area contributed by atoms with Gasteiger partial charge in [-0.25, -0.2) is 9.67 Å². The third-order valence-electron chi connectivity index (χ3n) is 1.97. The monoisotopic (exact) mass is 163 g/mol. The zero-order valence-electron chi connectivity index (χ0n) is 6.75. The SMILES string of the molecule is CCC1(n2cncn2)C=CN=N1. The molecule has 2 rings (SSSR count). The van der Waals surface area contributed by atoms with Gasteiger partial charge in [0.15, 0.2) is 5.66 Å². The second-order valence-corrected chi connectivity index (χ2v) is 2.60. The molecular formula is C7H9N5. The predicted octanol–water partition coefficient (Wildman–Crippen LogP) is 1.32. The molecule has 0 bridgehead atoms. The third kappa shape index (κ3) is 0.861. The maximum Gasteiger partial charge on any atom is 0.194 e. The first-order valence-corrected chi connectivity index (χ1v) is 3.82. The minimum Gasteiger partial charge on any atom is -0.223 e. The molecule has 1 aliphatic heterocycles. The Morgan fingerprint density at radius 3 is 2.92 bits per heavy atom. The molecule has 0 aliphatic carbocycles. The summed E-state index contributed by atoms with van der Waals surface area (Å²) >= 11 is 0. The van der Waals surface area contributed by atoms with Gasteiger partial charge in [-0.2, -0.15) is 15.3 Å². The van der Waals surface area contributed by atoms with Gasteiger partial charge in [-0.05, 0) is 12.5 Å². The summed E-state index contributed by atoms with van der Waals surface area (Å²) < 4.78 is 1.71. The lowest BCUT2D eigenvalue weighted by atomic mass is 10.1. The Morgan fingerprint density at radius 2 is 2.42 bits per heavy atom. The van der Waals surface area contributed by atoms with Crippen molar-refractivity contribution in [2.24, 2.45) is 10.2 Å². The zero-order chi connectivity index (χ0) is 8.44. The molecule has 1 atom stereocenters. The second kappa shape index (κ2) is 2.51. The maximum absolute atomic E-state index is 4.10. The molecule has 0 amide bonds. The molecule has 62 valence electrons. The topological polar surface area (TPSA) is 55.4 Å². The second-order valence-electron chi connectivity index (χ2n) is 2.60. The van der Waals surface area contributed by atoms with Crippen molar-refractivity contribution in [3.8, 4) is 0 Å². The van der Waals surface area contributed by atoms with E-state index in [9.17, 15) is 0 Å². The molecule has 0 aromatic carbocycles. The Kier molecular flexibility index (Phi) is 1.49. The standard InChI is InChI=1S/C7H9N5/c1-2-7(3-4-9-11-7)12-6-8-5-10-12/h3-6H,2H2,1H3.